The molecule has 15 heavy (non-hydrogen) atoms. The van der Waals surface area contributed by atoms with Crippen molar-refractivity contribution in [3.05, 3.63) is 48.3 Å². The van der Waals surface area contributed by atoms with Gasteiger partial charge >= 0.3 is 0 Å². The van der Waals surface area contributed by atoms with Gasteiger partial charge in [-0.1, -0.05) is 42.1 Å². The Morgan fingerprint density at radius 2 is 2.13 bits per heavy atom. The number of imidazole rings is 1. The van der Waals surface area contributed by atoms with Crippen LogP contribution in [0.25, 0.3) is 0 Å². The zero-order valence-electron chi connectivity index (χ0n) is 8.37. The zero-order valence-corrected chi connectivity index (χ0v) is 9.19. The summed E-state index contributed by atoms with van der Waals surface area (Å²) in [4.78, 5) is 4.16. The average Bonchev–Trinajstić information content (AvgIpc) is 2.75. The third-order valence-corrected chi connectivity index (χ3v) is 2.56. The van der Waals surface area contributed by atoms with Crippen LogP contribution < -0.4 is 0 Å². The summed E-state index contributed by atoms with van der Waals surface area (Å²) < 4.78 is 1.76. The summed E-state index contributed by atoms with van der Waals surface area (Å²) in [7, 11) is 0. The van der Waals surface area contributed by atoms with Gasteiger partial charge in [-0.05, 0) is 11.8 Å². The minimum absolute atomic E-state index is 0.891. The molecule has 2 aromatic rings. The molecule has 3 nitrogen and oxygen atoms in total. The van der Waals surface area contributed by atoms with E-state index in [1.165, 1.54) is 0 Å². The molecule has 0 aliphatic carbocycles. The van der Waals surface area contributed by atoms with Gasteiger partial charge in [-0.15, -0.1) is 0 Å². The van der Waals surface area contributed by atoms with Crippen molar-refractivity contribution in [3.63, 3.8) is 0 Å². The molecular weight excluding hydrogens is 206 g/mol. The molecule has 0 saturated heterocycles. The number of aromatic nitrogens is 2. The highest BCUT2D eigenvalue weighted by molar-refractivity contribution is 7.98. The van der Waals surface area contributed by atoms with Crippen molar-refractivity contribution in [2.24, 2.45) is 5.10 Å². The summed E-state index contributed by atoms with van der Waals surface area (Å²) in [6.45, 7) is 0. The number of hydrogen-bond acceptors (Lipinski definition) is 3. The Labute approximate surface area is 92.8 Å². The quantitative estimate of drug-likeness (QED) is 0.584. The lowest BCUT2D eigenvalue weighted by atomic mass is 10.2. The monoisotopic (exact) mass is 217 g/mol. The van der Waals surface area contributed by atoms with Crippen LogP contribution in [0.4, 0.5) is 0 Å². The Bertz CT molecular complexity index is 448. The molecule has 1 heterocycles. The molecule has 0 saturated carbocycles. The summed E-state index contributed by atoms with van der Waals surface area (Å²) in [6, 6.07) is 10.00. The molecule has 0 fully saturated rings. The summed E-state index contributed by atoms with van der Waals surface area (Å²) in [5.74, 6) is 0. The third-order valence-electron chi connectivity index (χ3n) is 1.90. The van der Waals surface area contributed by atoms with E-state index in [0.717, 1.165) is 10.7 Å². The van der Waals surface area contributed by atoms with E-state index in [2.05, 4.69) is 10.1 Å². The first-order valence-electron chi connectivity index (χ1n) is 4.57. The predicted molar refractivity (Wildman–Crippen MR) is 63.4 cm³/mol. The van der Waals surface area contributed by atoms with Gasteiger partial charge in [0.15, 0.2) is 5.16 Å². The Morgan fingerprint density at radius 3 is 2.87 bits per heavy atom. The van der Waals surface area contributed by atoms with Crippen molar-refractivity contribution in [2.45, 2.75) is 5.16 Å². The molecule has 0 aliphatic rings. The third kappa shape index (κ3) is 2.47. The number of benzene rings is 1. The first-order chi connectivity index (χ1) is 7.40. The summed E-state index contributed by atoms with van der Waals surface area (Å²) >= 11 is 1.58. The maximum Gasteiger partial charge on any atom is 0.188 e. The molecule has 2 rings (SSSR count). The van der Waals surface area contributed by atoms with Gasteiger partial charge in [0, 0.05) is 12.4 Å². The van der Waals surface area contributed by atoms with Crippen molar-refractivity contribution >= 4 is 18.0 Å². The highest BCUT2D eigenvalue weighted by atomic mass is 32.2. The standard InChI is InChI=1S/C11H11N3S/c1-15-11-12-7-8-14(11)13-9-10-5-3-2-4-6-10/h2-9H,1H3. The lowest BCUT2D eigenvalue weighted by Crippen LogP contribution is -1.90. The van der Waals surface area contributed by atoms with Gasteiger partial charge in [0.1, 0.15) is 0 Å². The molecule has 0 bridgehead atoms. The van der Waals surface area contributed by atoms with Gasteiger partial charge in [-0.3, -0.25) is 0 Å². The molecule has 0 atom stereocenters. The number of rotatable bonds is 3. The molecule has 0 radical (unpaired) electrons. The van der Waals surface area contributed by atoms with Crippen LogP contribution in [0.2, 0.25) is 0 Å². The lowest BCUT2D eigenvalue weighted by molar-refractivity contribution is 0.769. The number of nitrogens with zero attached hydrogens (tertiary/aromatic N) is 3. The largest absolute Gasteiger partial charge is 0.230 e. The molecule has 0 unspecified atom stereocenters. The first kappa shape index (κ1) is 9.98. The van der Waals surface area contributed by atoms with Gasteiger partial charge in [0.25, 0.3) is 0 Å². The second kappa shape index (κ2) is 4.79. The maximum atomic E-state index is 4.32. The van der Waals surface area contributed by atoms with E-state index in [1.807, 2.05) is 49.0 Å². The molecular formula is C11H11N3S. The number of hydrogen-bond donors (Lipinski definition) is 0. The topological polar surface area (TPSA) is 30.2 Å². The van der Waals surface area contributed by atoms with E-state index in [9.17, 15) is 0 Å². The molecule has 0 aliphatic heterocycles. The van der Waals surface area contributed by atoms with Crippen LogP contribution in [0.5, 0.6) is 0 Å². The van der Waals surface area contributed by atoms with Crippen molar-refractivity contribution in [3.8, 4) is 0 Å². The smallest absolute Gasteiger partial charge is 0.188 e. The van der Waals surface area contributed by atoms with Gasteiger partial charge in [0.2, 0.25) is 0 Å². The van der Waals surface area contributed by atoms with E-state index >= 15 is 0 Å². The predicted octanol–water partition coefficient (Wildman–Crippen LogP) is 2.49. The molecule has 4 heteroatoms. The fourth-order valence-electron chi connectivity index (χ4n) is 1.19. The first-order valence-corrected chi connectivity index (χ1v) is 5.79. The van der Waals surface area contributed by atoms with Crippen LogP contribution in [0, 0.1) is 0 Å². The fraction of sp³-hybridized carbons (Fsp3) is 0.0909. The van der Waals surface area contributed by atoms with Crippen molar-refractivity contribution in [2.75, 3.05) is 6.26 Å². The van der Waals surface area contributed by atoms with E-state index < -0.39 is 0 Å². The van der Waals surface area contributed by atoms with Crippen molar-refractivity contribution < 1.29 is 0 Å². The van der Waals surface area contributed by atoms with Crippen LogP contribution >= 0.6 is 11.8 Å². The Kier molecular flexibility index (Phi) is 3.19. The highest BCUT2D eigenvalue weighted by Gasteiger charge is 1.96. The van der Waals surface area contributed by atoms with Crippen LogP contribution in [0.1, 0.15) is 5.56 Å². The second-order valence-corrected chi connectivity index (χ2v) is 3.69. The van der Waals surface area contributed by atoms with E-state index in [4.69, 9.17) is 0 Å². The second-order valence-electron chi connectivity index (χ2n) is 2.91. The summed E-state index contributed by atoms with van der Waals surface area (Å²) in [6.07, 6.45) is 7.39. The van der Waals surface area contributed by atoms with E-state index in [-0.39, 0.29) is 0 Å². The maximum absolute atomic E-state index is 4.32. The normalized spacial score (nSPS) is 11.0. The van der Waals surface area contributed by atoms with E-state index in [1.54, 1.807) is 22.6 Å². The minimum Gasteiger partial charge on any atom is -0.230 e. The summed E-state index contributed by atoms with van der Waals surface area (Å²) in [5, 5.41) is 5.21. The fourth-order valence-corrected chi connectivity index (χ4v) is 1.65. The van der Waals surface area contributed by atoms with Gasteiger partial charge in [-0.25, -0.2) is 9.66 Å². The lowest BCUT2D eigenvalue weighted by Gasteiger charge is -1.96. The zero-order chi connectivity index (χ0) is 10.5. The Hall–Kier alpha value is -1.55. The van der Waals surface area contributed by atoms with Crippen molar-refractivity contribution in [1.29, 1.82) is 0 Å². The molecule has 0 spiro atoms. The highest BCUT2D eigenvalue weighted by Crippen LogP contribution is 2.10. The van der Waals surface area contributed by atoms with Crippen LogP contribution in [0.3, 0.4) is 0 Å². The van der Waals surface area contributed by atoms with Gasteiger partial charge in [0.05, 0.1) is 6.21 Å². The Balaban J connectivity index is 2.19. The van der Waals surface area contributed by atoms with Crippen molar-refractivity contribution in [1.82, 2.24) is 9.66 Å². The van der Waals surface area contributed by atoms with Gasteiger partial charge in [-0.2, -0.15) is 5.10 Å². The molecule has 0 N–H and O–H groups in total. The van der Waals surface area contributed by atoms with Crippen LogP contribution in [-0.4, -0.2) is 22.1 Å². The summed E-state index contributed by atoms with van der Waals surface area (Å²) in [5.41, 5.74) is 1.08. The number of thioether (sulfide) groups is 1. The van der Waals surface area contributed by atoms with Crippen LogP contribution in [-0.2, 0) is 0 Å². The minimum atomic E-state index is 0.891. The van der Waals surface area contributed by atoms with E-state index in [0.29, 0.717) is 0 Å². The average molecular weight is 217 g/mol. The molecule has 1 aromatic heterocycles. The molecule has 0 amide bonds. The molecule has 76 valence electrons. The van der Waals surface area contributed by atoms with Gasteiger partial charge < -0.3 is 0 Å². The van der Waals surface area contributed by atoms with Crippen LogP contribution in [0.15, 0.2) is 53.0 Å². The Morgan fingerprint density at radius 1 is 1.33 bits per heavy atom. The molecule has 1 aromatic carbocycles. The SMILES string of the molecule is CSc1nccn1N=Cc1ccccc1.